The maximum atomic E-state index is 5.87. The first-order valence-corrected chi connectivity index (χ1v) is 8.91. The van der Waals surface area contributed by atoms with Gasteiger partial charge in [-0.25, -0.2) is 0 Å². The van der Waals surface area contributed by atoms with Crippen LogP contribution in [0, 0.1) is 12.8 Å². The monoisotopic (exact) mass is 295 g/mol. The molecule has 112 valence electrons. The fraction of sp³-hybridized carbons (Fsp3) is 0.750. The first-order chi connectivity index (χ1) is 9.76. The van der Waals surface area contributed by atoms with E-state index >= 15 is 0 Å². The predicted molar refractivity (Wildman–Crippen MR) is 83.2 cm³/mol. The van der Waals surface area contributed by atoms with Crippen LogP contribution in [0.25, 0.3) is 0 Å². The molecule has 3 nitrogen and oxygen atoms in total. The van der Waals surface area contributed by atoms with Crippen molar-refractivity contribution in [2.75, 3.05) is 31.2 Å². The Kier molecular flexibility index (Phi) is 4.74. The second-order valence-electron chi connectivity index (χ2n) is 5.95. The predicted octanol–water partition coefficient (Wildman–Crippen LogP) is 3.49. The number of rotatable bonds is 5. The van der Waals surface area contributed by atoms with Gasteiger partial charge in [0.05, 0.1) is 12.1 Å². The molecule has 0 unspecified atom stereocenters. The van der Waals surface area contributed by atoms with Crippen molar-refractivity contribution in [3.63, 3.8) is 0 Å². The molecule has 1 atom stereocenters. The van der Waals surface area contributed by atoms with Crippen molar-refractivity contribution in [3.8, 4) is 0 Å². The standard InChI is InChI=1S/C16H25NO2S/c1-3-18-14-8-13(9-14)10-17-6-7-20-11-15(17)16-5-4-12(2)19-16/h4-5,13-15H,3,6-11H2,1-2H3/t13?,14?,15-/m0/s1. The molecule has 0 bridgehead atoms. The second-order valence-corrected chi connectivity index (χ2v) is 7.10. The molecule has 2 heterocycles. The summed E-state index contributed by atoms with van der Waals surface area (Å²) in [6.07, 6.45) is 3.00. The Labute approximate surface area is 126 Å². The molecule has 0 aromatic carbocycles. The molecule has 1 aliphatic carbocycles. The molecule has 0 amide bonds. The average molecular weight is 295 g/mol. The molecule has 4 heteroatoms. The number of ether oxygens (including phenoxy) is 1. The summed E-state index contributed by atoms with van der Waals surface area (Å²) < 4.78 is 11.5. The molecule has 20 heavy (non-hydrogen) atoms. The van der Waals surface area contributed by atoms with Gasteiger partial charge in [0.15, 0.2) is 0 Å². The van der Waals surface area contributed by atoms with E-state index in [1.165, 1.54) is 31.7 Å². The summed E-state index contributed by atoms with van der Waals surface area (Å²) >= 11 is 2.05. The van der Waals surface area contributed by atoms with Crippen molar-refractivity contribution >= 4 is 11.8 Å². The summed E-state index contributed by atoms with van der Waals surface area (Å²) in [6.45, 7) is 7.36. The van der Waals surface area contributed by atoms with Crippen LogP contribution in [0.1, 0.15) is 37.3 Å². The lowest BCUT2D eigenvalue weighted by atomic mass is 9.81. The van der Waals surface area contributed by atoms with Crippen LogP contribution in [0.3, 0.4) is 0 Å². The van der Waals surface area contributed by atoms with E-state index in [0.29, 0.717) is 12.1 Å². The average Bonchev–Trinajstić information content (AvgIpc) is 2.83. The summed E-state index contributed by atoms with van der Waals surface area (Å²) in [5.41, 5.74) is 0. The van der Waals surface area contributed by atoms with Gasteiger partial charge in [-0.3, -0.25) is 4.90 Å². The quantitative estimate of drug-likeness (QED) is 0.830. The van der Waals surface area contributed by atoms with E-state index in [1.807, 2.05) is 18.7 Å². The van der Waals surface area contributed by atoms with Crippen LogP contribution in [-0.2, 0) is 4.74 Å². The van der Waals surface area contributed by atoms with Gasteiger partial charge in [-0.15, -0.1) is 0 Å². The zero-order chi connectivity index (χ0) is 13.9. The molecule has 1 aromatic rings. The summed E-state index contributed by atoms with van der Waals surface area (Å²) in [6, 6.07) is 4.71. The van der Waals surface area contributed by atoms with Crippen LogP contribution < -0.4 is 0 Å². The largest absolute Gasteiger partial charge is 0.465 e. The minimum absolute atomic E-state index is 0.466. The molecule has 1 aromatic heterocycles. The fourth-order valence-electron chi connectivity index (χ4n) is 3.28. The first-order valence-electron chi connectivity index (χ1n) is 7.76. The Hall–Kier alpha value is -0.450. The van der Waals surface area contributed by atoms with Gasteiger partial charge in [0.1, 0.15) is 11.5 Å². The molecular weight excluding hydrogens is 270 g/mol. The fourth-order valence-corrected chi connectivity index (χ4v) is 4.41. The summed E-state index contributed by atoms with van der Waals surface area (Å²) in [7, 11) is 0. The third kappa shape index (κ3) is 3.23. The lowest BCUT2D eigenvalue weighted by Gasteiger charge is -2.42. The summed E-state index contributed by atoms with van der Waals surface area (Å²) in [5.74, 6) is 5.39. The van der Waals surface area contributed by atoms with Gasteiger partial charge < -0.3 is 9.15 Å². The van der Waals surface area contributed by atoms with E-state index in [2.05, 4.69) is 24.0 Å². The first kappa shape index (κ1) is 14.5. The van der Waals surface area contributed by atoms with E-state index in [-0.39, 0.29) is 0 Å². The summed E-state index contributed by atoms with van der Waals surface area (Å²) in [5, 5.41) is 0. The zero-order valence-electron chi connectivity index (χ0n) is 12.5. The minimum atomic E-state index is 0.466. The zero-order valence-corrected chi connectivity index (χ0v) is 13.3. The number of furan rings is 1. The van der Waals surface area contributed by atoms with Gasteiger partial charge in [0, 0.05) is 31.2 Å². The Bertz CT molecular complexity index is 428. The molecular formula is C16H25NO2S. The Morgan fingerprint density at radius 2 is 2.25 bits per heavy atom. The molecule has 1 saturated heterocycles. The molecule has 1 aliphatic heterocycles. The third-order valence-corrected chi connectivity index (χ3v) is 5.44. The minimum Gasteiger partial charge on any atom is -0.465 e. The van der Waals surface area contributed by atoms with Crippen molar-refractivity contribution < 1.29 is 9.15 Å². The van der Waals surface area contributed by atoms with E-state index in [1.54, 1.807) is 0 Å². The lowest BCUT2D eigenvalue weighted by Crippen LogP contribution is -2.44. The number of hydrogen-bond donors (Lipinski definition) is 0. The molecule has 0 N–H and O–H groups in total. The van der Waals surface area contributed by atoms with E-state index < -0.39 is 0 Å². The third-order valence-electron chi connectivity index (χ3n) is 4.42. The maximum absolute atomic E-state index is 5.87. The SMILES string of the molecule is CCOC1CC(CN2CCSC[C@H]2c2ccc(C)o2)C1. The van der Waals surface area contributed by atoms with Gasteiger partial charge in [0.25, 0.3) is 0 Å². The Morgan fingerprint density at radius 1 is 1.40 bits per heavy atom. The van der Waals surface area contributed by atoms with Gasteiger partial charge in [-0.2, -0.15) is 11.8 Å². The Morgan fingerprint density at radius 3 is 2.95 bits per heavy atom. The van der Waals surface area contributed by atoms with Crippen molar-refractivity contribution in [1.82, 2.24) is 4.90 Å². The smallest absolute Gasteiger partial charge is 0.122 e. The van der Waals surface area contributed by atoms with Crippen LogP contribution in [0.2, 0.25) is 0 Å². The van der Waals surface area contributed by atoms with Crippen LogP contribution >= 0.6 is 11.8 Å². The molecule has 1 saturated carbocycles. The number of nitrogens with zero attached hydrogens (tertiary/aromatic N) is 1. The Balaban J connectivity index is 1.56. The van der Waals surface area contributed by atoms with Crippen molar-refractivity contribution in [3.05, 3.63) is 23.7 Å². The van der Waals surface area contributed by atoms with Crippen LogP contribution in [0.5, 0.6) is 0 Å². The van der Waals surface area contributed by atoms with Crippen LogP contribution in [-0.4, -0.2) is 42.2 Å². The topological polar surface area (TPSA) is 25.6 Å². The highest BCUT2D eigenvalue weighted by Gasteiger charge is 2.34. The highest BCUT2D eigenvalue weighted by molar-refractivity contribution is 7.99. The molecule has 2 fully saturated rings. The lowest BCUT2D eigenvalue weighted by molar-refractivity contribution is -0.0368. The van der Waals surface area contributed by atoms with Crippen molar-refractivity contribution in [2.45, 2.75) is 38.8 Å². The van der Waals surface area contributed by atoms with Crippen LogP contribution in [0.4, 0.5) is 0 Å². The highest BCUT2D eigenvalue weighted by Crippen LogP contribution is 2.36. The highest BCUT2D eigenvalue weighted by atomic mass is 32.2. The van der Waals surface area contributed by atoms with E-state index in [0.717, 1.165) is 29.8 Å². The normalized spacial score (nSPS) is 31.2. The number of thioether (sulfide) groups is 1. The van der Waals surface area contributed by atoms with Gasteiger partial charge in [-0.1, -0.05) is 0 Å². The molecule has 3 rings (SSSR count). The van der Waals surface area contributed by atoms with E-state index in [4.69, 9.17) is 9.15 Å². The van der Waals surface area contributed by atoms with Crippen molar-refractivity contribution in [1.29, 1.82) is 0 Å². The molecule has 0 radical (unpaired) electrons. The van der Waals surface area contributed by atoms with Gasteiger partial charge >= 0.3 is 0 Å². The second kappa shape index (κ2) is 6.54. The molecule has 2 aliphatic rings. The van der Waals surface area contributed by atoms with Gasteiger partial charge in [0.2, 0.25) is 0 Å². The van der Waals surface area contributed by atoms with Gasteiger partial charge in [-0.05, 0) is 44.7 Å². The van der Waals surface area contributed by atoms with Crippen LogP contribution in [0.15, 0.2) is 16.5 Å². The van der Waals surface area contributed by atoms with E-state index in [9.17, 15) is 0 Å². The number of aryl methyl sites for hydroxylation is 1. The number of hydrogen-bond acceptors (Lipinski definition) is 4. The molecule has 0 spiro atoms. The maximum Gasteiger partial charge on any atom is 0.122 e. The summed E-state index contributed by atoms with van der Waals surface area (Å²) in [4.78, 5) is 2.63. The van der Waals surface area contributed by atoms with Crippen molar-refractivity contribution in [2.24, 2.45) is 5.92 Å².